The molecule has 196 valence electrons. The highest BCUT2D eigenvalue weighted by molar-refractivity contribution is 6.33. The SMILES string of the molecule is CC(C(=O)Cc1ccc(C(=O)OC(C)(C)C)cc1)n1cc(Cl)c(-c2cc(Cl)ccc2C(F)(F)F)cc1=O. The number of nitrogens with zero attached hydrogens (tertiary/aromatic N) is 1. The third-order valence-electron chi connectivity index (χ3n) is 5.46. The fourth-order valence-corrected chi connectivity index (χ4v) is 4.05. The van der Waals surface area contributed by atoms with Gasteiger partial charge < -0.3 is 9.30 Å². The predicted octanol–water partition coefficient (Wildman–Crippen LogP) is 7.17. The van der Waals surface area contributed by atoms with E-state index in [1.165, 1.54) is 6.92 Å². The van der Waals surface area contributed by atoms with Crippen molar-refractivity contribution in [1.29, 1.82) is 0 Å². The smallest absolute Gasteiger partial charge is 0.417 e. The lowest BCUT2D eigenvalue weighted by atomic mass is 9.99. The third-order valence-corrected chi connectivity index (χ3v) is 6.00. The van der Waals surface area contributed by atoms with Crippen LogP contribution in [0.3, 0.4) is 0 Å². The number of aromatic nitrogens is 1. The normalized spacial score (nSPS) is 12.8. The van der Waals surface area contributed by atoms with Gasteiger partial charge in [-0.3, -0.25) is 9.59 Å². The quantitative estimate of drug-likeness (QED) is 0.303. The van der Waals surface area contributed by atoms with Crippen LogP contribution >= 0.6 is 23.2 Å². The average Bonchev–Trinajstić information content (AvgIpc) is 2.78. The molecule has 0 aliphatic heterocycles. The number of hydrogen-bond acceptors (Lipinski definition) is 4. The van der Waals surface area contributed by atoms with Crippen molar-refractivity contribution in [1.82, 2.24) is 4.57 Å². The molecule has 0 saturated carbocycles. The number of benzene rings is 2. The standard InChI is InChI=1S/C27H24Cl2F3NO4/c1-15(23(34)11-16-5-7-17(8-6-16)25(36)37-26(2,3)4)33-14-22(29)20(13-24(33)35)19-12-18(28)9-10-21(19)27(30,31)32/h5-10,12-15H,11H2,1-4H3. The van der Waals surface area contributed by atoms with Crippen molar-refractivity contribution >= 4 is 35.0 Å². The van der Waals surface area contributed by atoms with E-state index in [0.717, 1.165) is 35.0 Å². The lowest BCUT2D eigenvalue weighted by Crippen LogP contribution is -2.28. The number of halogens is 5. The summed E-state index contributed by atoms with van der Waals surface area (Å²) in [5.41, 5.74) is -1.88. The molecule has 1 atom stereocenters. The van der Waals surface area contributed by atoms with Crippen molar-refractivity contribution in [2.24, 2.45) is 0 Å². The van der Waals surface area contributed by atoms with Crippen LogP contribution in [0, 0.1) is 0 Å². The molecule has 2 aromatic carbocycles. The van der Waals surface area contributed by atoms with E-state index in [1.54, 1.807) is 45.0 Å². The van der Waals surface area contributed by atoms with Gasteiger partial charge in [-0.05, 0) is 69.2 Å². The third kappa shape index (κ3) is 7.02. The number of hydrogen-bond donors (Lipinski definition) is 0. The van der Waals surface area contributed by atoms with Gasteiger partial charge in [-0.2, -0.15) is 13.2 Å². The Hall–Kier alpha value is -3.10. The molecule has 1 aromatic heterocycles. The van der Waals surface area contributed by atoms with E-state index in [1.807, 2.05) is 0 Å². The first kappa shape index (κ1) is 28.5. The Bertz CT molecular complexity index is 1390. The van der Waals surface area contributed by atoms with E-state index in [-0.39, 0.29) is 33.4 Å². The largest absolute Gasteiger partial charge is 0.456 e. The minimum atomic E-state index is -4.69. The maximum absolute atomic E-state index is 13.5. The Morgan fingerprint density at radius 2 is 1.59 bits per heavy atom. The molecular formula is C27H24Cl2F3NO4. The van der Waals surface area contributed by atoms with Gasteiger partial charge in [-0.25, -0.2) is 4.79 Å². The van der Waals surface area contributed by atoms with Crippen LogP contribution in [0.5, 0.6) is 0 Å². The molecule has 0 fully saturated rings. The molecule has 0 saturated heterocycles. The predicted molar refractivity (Wildman–Crippen MR) is 136 cm³/mol. The Morgan fingerprint density at radius 1 is 0.973 bits per heavy atom. The highest BCUT2D eigenvalue weighted by Gasteiger charge is 2.34. The fraction of sp³-hybridized carbons (Fsp3) is 0.296. The van der Waals surface area contributed by atoms with E-state index in [4.69, 9.17) is 27.9 Å². The highest BCUT2D eigenvalue weighted by Crippen LogP contribution is 2.40. The first-order chi connectivity index (χ1) is 17.1. The van der Waals surface area contributed by atoms with Crippen molar-refractivity contribution in [2.45, 2.75) is 51.9 Å². The molecule has 3 aromatic rings. The Labute approximate surface area is 221 Å². The van der Waals surface area contributed by atoms with Gasteiger partial charge in [0.15, 0.2) is 5.78 Å². The number of Topliss-reactive ketones (excluding diaryl/α,β-unsaturated/α-hetero) is 1. The summed E-state index contributed by atoms with van der Waals surface area (Å²) in [6.45, 7) is 6.76. The summed E-state index contributed by atoms with van der Waals surface area (Å²) >= 11 is 12.2. The number of carbonyl (C=O) groups excluding carboxylic acids is 2. The minimum absolute atomic E-state index is 0.0458. The topological polar surface area (TPSA) is 65.4 Å². The second-order valence-corrected chi connectivity index (χ2v) is 10.3. The van der Waals surface area contributed by atoms with Crippen LogP contribution in [-0.2, 0) is 22.1 Å². The van der Waals surface area contributed by atoms with Crippen molar-refractivity contribution in [2.75, 3.05) is 0 Å². The summed E-state index contributed by atoms with van der Waals surface area (Å²) in [5.74, 6) is -0.830. The Kier molecular flexibility index (Phi) is 8.24. The van der Waals surface area contributed by atoms with Crippen LogP contribution in [-0.4, -0.2) is 21.9 Å². The molecule has 1 unspecified atom stereocenters. The molecule has 3 rings (SSSR count). The number of rotatable bonds is 6. The molecule has 0 radical (unpaired) electrons. The molecule has 0 N–H and O–H groups in total. The van der Waals surface area contributed by atoms with Crippen molar-refractivity contribution in [3.8, 4) is 11.1 Å². The minimum Gasteiger partial charge on any atom is -0.456 e. The van der Waals surface area contributed by atoms with Crippen LogP contribution in [0.4, 0.5) is 13.2 Å². The molecular weight excluding hydrogens is 530 g/mol. The van der Waals surface area contributed by atoms with Crippen LogP contribution in [0.15, 0.2) is 59.5 Å². The van der Waals surface area contributed by atoms with Gasteiger partial charge in [-0.15, -0.1) is 0 Å². The van der Waals surface area contributed by atoms with Gasteiger partial charge in [0.2, 0.25) is 0 Å². The zero-order valence-corrected chi connectivity index (χ0v) is 22.0. The number of ketones is 1. The number of pyridine rings is 1. The maximum atomic E-state index is 13.5. The fourth-order valence-electron chi connectivity index (χ4n) is 3.62. The molecule has 0 aliphatic carbocycles. The lowest BCUT2D eigenvalue weighted by Gasteiger charge is -2.19. The summed E-state index contributed by atoms with van der Waals surface area (Å²) in [6.07, 6.45) is -3.59. The molecule has 0 spiro atoms. The van der Waals surface area contributed by atoms with E-state index in [9.17, 15) is 27.6 Å². The molecule has 10 heteroatoms. The molecule has 0 aliphatic rings. The first-order valence-corrected chi connectivity index (χ1v) is 12.0. The summed E-state index contributed by atoms with van der Waals surface area (Å²) in [6, 6.07) is 9.33. The average molecular weight is 554 g/mol. The zero-order chi connectivity index (χ0) is 27.7. The van der Waals surface area contributed by atoms with Gasteiger partial charge in [0, 0.05) is 29.3 Å². The van der Waals surface area contributed by atoms with E-state index >= 15 is 0 Å². The number of esters is 1. The summed E-state index contributed by atoms with van der Waals surface area (Å²) in [4.78, 5) is 37.9. The van der Waals surface area contributed by atoms with Crippen LogP contribution in [0.1, 0.15) is 55.2 Å². The summed E-state index contributed by atoms with van der Waals surface area (Å²) in [7, 11) is 0. The molecule has 0 bridgehead atoms. The molecule has 37 heavy (non-hydrogen) atoms. The first-order valence-electron chi connectivity index (χ1n) is 11.2. The molecule has 0 amide bonds. The van der Waals surface area contributed by atoms with Gasteiger partial charge in [0.05, 0.1) is 22.2 Å². The highest BCUT2D eigenvalue weighted by atomic mass is 35.5. The van der Waals surface area contributed by atoms with E-state index in [0.29, 0.717) is 11.1 Å². The van der Waals surface area contributed by atoms with Crippen molar-refractivity contribution in [3.63, 3.8) is 0 Å². The van der Waals surface area contributed by atoms with Crippen LogP contribution < -0.4 is 5.56 Å². The van der Waals surface area contributed by atoms with Crippen molar-refractivity contribution in [3.05, 3.63) is 91.8 Å². The molecule has 1 heterocycles. The number of ether oxygens (including phenoxy) is 1. The zero-order valence-electron chi connectivity index (χ0n) is 20.5. The van der Waals surface area contributed by atoms with Crippen molar-refractivity contribution < 1.29 is 27.5 Å². The van der Waals surface area contributed by atoms with E-state index < -0.39 is 34.9 Å². The summed E-state index contributed by atoms with van der Waals surface area (Å²) < 4.78 is 46.9. The van der Waals surface area contributed by atoms with Crippen LogP contribution in [0.25, 0.3) is 11.1 Å². The Balaban J connectivity index is 1.84. The second kappa shape index (κ2) is 10.7. The second-order valence-electron chi connectivity index (χ2n) is 9.49. The monoisotopic (exact) mass is 553 g/mol. The maximum Gasteiger partial charge on any atom is 0.417 e. The van der Waals surface area contributed by atoms with Gasteiger partial charge >= 0.3 is 12.1 Å². The van der Waals surface area contributed by atoms with Gasteiger partial charge in [0.1, 0.15) is 5.60 Å². The van der Waals surface area contributed by atoms with Crippen LogP contribution in [0.2, 0.25) is 10.0 Å². The van der Waals surface area contributed by atoms with Gasteiger partial charge in [-0.1, -0.05) is 35.3 Å². The summed E-state index contributed by atoms with van der Waals surface area (Å²) in [5, 5.41) is -0.0989. The van der Waals surface area contributed by atoms with E-state index in [2.05, 4.69) is 0 Å². The van der Waals surface area contributed by atoms with Gasteiger partial charge in [0.25, 0.3) is 5.56 Å². The number of carbonyl (C=O) groups is 2. The lowest BCUT2D eigenvalue weighted by molar-refractivity contribution is -0.137. The number of alkyl halides is 3. The Morgan fingerprint density at radius 3 is 2.16 bits per heavy atom. The molecule has 5 nitrogen and oxygen atoms in total.